The molecule has 1 aromatic heterocycles. The van der Waals surface area contributed by atoms with E-state index in [9.17, 15) is 19.5 Å². The Morgan fingerprint density at radius 3 is 2.47 bits per heavy atom. The van der Waals surface area contributed by atoms with Crippen molar-refractivity contribution in [2.24, 2.45) is 11.8 Å². The first kappa shape index (κ1) is 27.5. The van der Waals surface area contributed by atoms with Crippen LogP contribution < -0.4 is 0 Å². The highest BCUT2D eigenvalue weighted by Gasteiger charge is 2.74. The average Bonchev–Trinajstić information content (AvgIpc) is 3.54. The summed E-state index contributed by atoms with van der Waals surface area (Å²) >= 11 is 0. The van der Waals surface area contributed by atoms with Gasteiger partial charge >= 0.3 is 0 Å². The van der Waals surface area contributed by atoms with E-state index in [4.69, 9.17) is 4.74 Å². The van der Waals surface area contributed by atoms with Gasteiger partial charge in [0.15, 0.2) is 0 Å². The van der Waals surface area contributed by atoms with Gasteiger partial charge in [-0.3, -0.25) is 14.4 Å². The first-order valence-corrected chi connectivity index (χ1v) is 14.7. The molecule has 43 heavy (non-hydrogen) atoms. The number of aromatic nitrogens is 3. The summed E-state index contributed by atoms with van der Waals surface area (Å²) in [6.07, 6.45) is 7.80. The molecule has 0 bridgehead atoms. The molecule has 0 saturated carbocycles. The third kappa shape index (κ3) is 4.29. The van der Waals surface area contributed by atoms with Crippen LogP contribution in [-0.4, -0.2) is 96.0 Å². The highest BCUT2D eigenvalue weighted by Crippen LogP contribution is 2.57. The Morgan fingerprint density at radius 2 is 1.65 bits per heavy atom. The summed E-state index contributed by atoms with van der Waals surface area (Å²) in [6, 6.07) is 16.3. The topological polar surface area (TPSA) is 121 Å². The molecule has 1 N–H and O–H groups in total. The fourth-order valence-corrected chi connectivity index (χ4v) is 7.36. The van der Waals surface area contributed by atoms with E-state index in [0.29, 0.717) is 19.5 Å². The number of hydrogen-bond donors (Lipinski definition) is 1. The van der Waals surface area contributed by atoms with Crippen LogP contribution in [0, 0.1) is 11.8 Å². The summed E-state index contributed by atoms with van der Waals surface area (Å²) in [5.74, 6) is -2.50. The molecule has 4 aliphatic heterocycles. The minimum Gasteiger partial charge on any atom is -0.396 e. The van der Waals surface area contributed by atoms with Crippen LogP contribution >= 0.6 is 0 Å². The maximum Gasteiger partial charge on any atom is 0.250 e. The molecule has 7 rings (SSSR count). The zero-order valence-electron chi connectivity index (χ0n) is 24.0. The molecule has 2 aromatic carbocycles. The van der Waals surface area contributed by atoms with Gasteiger partial charge in [0.05, 0.1) is 23.0 Å². The van der Waals surface area contributed by atoms with Crippen LogP contribution in [0.3, 0.4) is 0 Å². The summed E-state index contributed by atoms with van der Waals surface area (Å²) in [4.78, 5) is 48.1. The first-order chi connectivity index (χ1) is 20.9. The van der Waals surface area contributed by atoms with Crippen molar-refractivity contribution >= 4 is 28.8 Å². The van der Waals surface area contributed by atoms with Gasteiger partial charge in [-0.25, -0.2) is 4.68 Å². The SMILES string of the molecule is C[C@@]12C=CCN(Cc3ccccc3)C(=O)[C@@H]1[C@H]1C(=O)N(CCCO)C3C(=O)N(Cn4nnc5ccccc54)CC=C[C@@]31O2. The van der Waals surface area contributed by atoms with Gasteiger partial charge in [0, 0.05) is 32.8 Å². The number of nitrogens with zero attached hydrogens (tertiary/aromatic N) is 6. The number of carbonyl (C=O) groups is 3. The molecule has 5 atom stereocenters. The molecule has 2 saturated heterocycles. The van der Waals surface area contributed by atoms with Gasteiger partial charge in [0.2, 0.25) is 11.8 Å². The summed E-state index contributed by atoms with van der Waals surface area (Å²) in [7, 11) is 0. The van der Waals surface area contributed by atoms with Crippen LogP contribution in [0.15, 0.2) is 78.9 Å². The fourth-order valence-electron chi connectivity index (χ4n) is 7.36. The van der Waals surface area contributed by atoms with E-state index >= 15 is 0 Å². The Bertz CT molecular complexity index is 1640. The van der Waals surface area contributed by atoms with Crippen molar-refractivity contribution in [1.82, 2.24) is 29.7 Å². The number of para-hydroxylation sites is 1. The Kier molecular flexibility index (Phi) is 6.66. The first-order valence-electron chi connectivity index (χ1n) is 14.7. The van der Waals surface area contributed by atoms with E-state index in [2.05, 4.69) is 10.3 Å². The number of benzene rings is 2. The molecule has 3 amide bonds. The van der Waals surface area contributed by atoms with Crippen LogP contribution in [0.4, 0.5) is 0 Å². The molecule has 1 spiro atoms. The normalized spacial score (nSPS) is 30.0. The van der Waals surface area contributed by atoms with Gasteiger partial charge in [-0.1, -0.05) is 72.0 Å². The molecular weight excluding hydrogens is 548 g/mol. The Balaban J connectivity index is 1.26. The quantitative estimate of drug-likeness (QED) is 0.422. The molecule has 1 unspecified atom stereocenters. The maximum atomic E-state index is 14.5. The number of amides is 3. The third-order valence-electron chi connectivity index (χ3n) is 9.22. The van der Waals surface area contributed by atoms with E-state index < -0.39 is 29.1 Å². The molecule has 4 aliphatic rings. The molecule has 5 heterocycles. The minimum atomic E-state index is -1.35. The monoisotopic (exact) mass is 582 g/mol. The van der Waals surface area contributed by atoms with Crippen molar-refractivity contribution in [3.05, 3.63) is 84.5 Å². The van der Waals surface area contributed by atoms with Gasteiger partial charge in [-0.2, -0.15) is 0 Å². The Hall–Kier alpha value is -4.35. The summed E-state index contributed by atoms with van der Waals surface area (Å²) in [5, 5.41) is 18.2. The average molecular weight is 583 g/mol. The predicted molar refractivity (Wildman–Crippen MR) is 156 cm³/mol. The van der Waals surface area contributed by atoms with Crippen molar-refractivity contribution in [1.29, 1.82) is 0 Å². The summed E-state index contributed by atoms with van der Waals surface area (Å²) in [5.41, 5.74) is 0.0544. The van der Waals surface area contributed by atoms with Crippen LogP contribution in [0.5, 0.6) is 0 Å². The number of carbonyl (C=O) groups excluding carboxylic acids is 3. The van der Waals surface area contributed by atoms with E-state index in [1.165, 1.54) is 4.90 Å². The smallest absolute Gasteiger partial charge is 0.250 e. The van der Waals surface area contributed by atoms with Crippen molar-refractivity contribution in [2.75, 3.05) is 26.2 Å². The largest absolute Gasteiger partial charge is 0.396 e. The predicted octanol–water partition coefficient (Wildman–Crippen LogP) is 1.74. The molecule has 2 fully saturated rings. The molecule has 0 radical (unpaired) electrons. The van der Waals surface area contributed by atoms with Gasteiger partial charge in [0.25, 0.3) is 5.91 Å². The van der Waals surface area contributed by atoms with Crippen LogP contribution in [0.2, 0.25) is 0 Å². The van der Waals surface area contributed by atoms with Crippen LogP contribution in [-0.2, 0) is 32.3 Å². The van der Waals surface area contributed by atoms with Gasteiger partial charge in [-0.15, -0.1) is 5.10 Å². The lowest BCUT2D eigenvalue weighted by Crippen LogP contribution is -2.56. The molecule has 3 aromatic rings. The number of aliphatic hydroxyl groups is 1. The standard InChI is InChI=1S/C32H34N6O5/c1-31-14-7-16-35(20-22-10-3-2-4-11-22)28(40)25(31)26-29(41)37(18-9-19-39)27-30(42)36(17-8-15-32(26,27)43-31)21-38-24-13-6-5-12-23(24)33-34-38/h2-8,10-15,25-27,39H,9,16-21H2,1H3/t25-,26-,27?,31+,32-/m0/s1. The number of likely N-dealkylation sites (tertiary alicyclic amines) is 1. The number of fused-ring (bicyclic) bond motifs is 3. The van der Waals surface area contributed by atoms with Crippen LogP contribution in [0.1, 0.15) is 18.9 Å². The van der Waals surface area contributed by atoms with E-state index in [1.54, 1.807) is 14.5 Å². The van der Waals surface area contributed by atoms with Gasteiger partial charge < -0.3 is 24.5 Å². The second-order valence-corrected chi connectivity index (χ2v) is 11.9. The second-order valence-electron chi connectivity index (χ2n) is 11.9. The molecular formula is C32H34N6O5. The van der Waals surface area contributed by atoms with Crippen molar-refractivity contribution in [3.8, 4) is 0 Å². The van der Waals surface area contributed by atoms with Crippen molar-refractivity contribution < 1.29 is 24.2 Å². The zero-order valence-corrected chi connectivity index (χ0v) is 24.0. The van der Waals surface area contributed by atoms with E-state index in [1.807, 2.05) is 85.8 Å². The number of hydrogen-bond acceptors (Lipinski definition) is 7. The number of aliphatic hydroxyl groups excluding tert-OH is 1. The third-order valence-corrected chi connectivity index (χ3v) is 9.22. The molecule has 0 aliphatic carbocycles. The zero-order chi connectivity index (χ0) is 29.8. The Labute approximate surface area is 249 Å². The summed E-state index contributed by atoms with van der Waals surface area (Å²) in [6.45, 7) is 3.07. The lowest BCUT2D eigenvalue weighted by atomic mass is 9.74. The minimum absolute atomic E-state index is 0.132. The van der Waals surface area contributed by atoms with E-state index in [0.717, 1.165) is 16.6 Å². The second kappa shape index (κ2) is 10.4. The highest BCUT2D eigenvalue weighted by molar-refractivity contribution is 6.00. The van der Waals surface area contributed by atoms with Crippen molar-refractivity contribution in [2.45, 2.75) is 43.8 Å². The van der Waals surface area contributed by atoms with Gasteiger partial charge in [0.1, 0.15) is 23.8 Å². The number of ether oxygens (including phenoxy) is 1. The lowest BCUT2D eigenvalue weighted by Gasteiger charge is -2.37. The Morgan fingerprint density at radius 1 is 0.907 bits per heavy atom. The molecule has 11 heteroatoms. The fraction of sp³-hybridized carbons (Fsp3) is 0.406. The number of rotatable bonds is 7. The van der Waals surface area contributed by atoms with Gasteiger partial charge in [-0.05, 0) is 31.0 Å². The molecule has 222 valence electrons. The maximum absolute atomic E-state index is 14.5. The van der Waals surface area contributed by atoms with Crippen molar-refractivity contribution in [3.63, 3.8) is 0 Å². The molecule has 11 nitrogen and oxygen atoms in total. The van der Waals surface area contributed by atoms with E-state index in [-0.39, 0.29) is 44.1 Å². The highest BCUT2D eigenvalue weighted by atomic mass is 16.5. The summed E-state index contributed by atoms with van der Waals surface area (Å²) < 4.78 is 8.54. The van der Waals surface area contributed by atoms with Crippen LogP contribution in [0.25, 0.3) is 11.0 Å². The lowest BCUT2D eigenvalue weighted by molar-refractivity contribution is -0.153.